The molecule has 0 bridgehead atoms. The molecule has 0 saturated carbocycles. The standard InChI is InChI=1S/C15H17N5/c1-10-4-3-5-11(2)15(10)18-13-6-7-14-17-12(8-16)9-20(14)19-13/h3-7,9H,8,16H2,1-2H3,(H,18,19). The van der Waals surface area contributed by atoms with Crippen LogP contribution in [0.15, 0.2) is 36.5 Å². The lowest BCUT2D eigenvalue weighted by Crippen LogP contribution is -2.01. The Bertz CT molecular complexity index is 740. The van der Waals surface area contributed by atoms with Gasteiger partial charge in [-0.05, 0) is 37.1 Å². The van der Waals surface area contributed by atoms with E-state index in [9.17, 15) is 0 Å². The smallest absolute Gasteiger partial charge is 0.153 e. The number of hydrogen-bond acceptors (Lipinski definition) is 4. The Morgan fingerprint density at radius 2 is 1.90 bits per heavy atom. The third-order valence-corrected chi connectivity index (χ3v) is 3.31. The first kappa shape index (κ1) is 12.6. The van der Waals surface area contributed by atoms with Crippen LogP contribution in [0.3, 0.4) is 0 Å². The average molecular weight is 267 g/mol. The fraction of sp³-hybridized carbons (Fsp3) is 0.200. The van der Waals surface area contributed by atoms with Gasteiger partial charge in [0.05, 0.1) is 11.9 Å². The molecular formula is C15H17N5. The lowest BCUT2D eigenvalue weighted by atomic mass is 10.1. The summed E-state index contributed by atoms with van der Waals surface area (Å²) in [4.78, 5) is 4.36. The molecule has 0 unspecified atom stereocenters. The van der Waals surface area contributed by atoms with Crippen molar-refractivity contribution in [3.8, 4) is 0 Å². The largest absolute Gasteiger partial charge is 0.338 e. The van der Waals surface area contributed by atoms with E-state index in [-0.39, 0.29) is 0 Å². The van der Waals surface area contributed by atoms with Crippen LogP contribution in [0, 0.1) is 13.8 Å². The van der Waals surface area contributed by atoms with Crippen molar-refractivity contribution >= 4 is 17.2 Å². The number of imidazole rings is 1. The van der Waals surface area contributed by atoms with Crippen LogP contribution in [0.25, 0.3) is 5.65 Å². The molecule has 1 aromatic carbocycles. The summed E-state index contributed by atoms with van der Waals surface area (Å²) in [5, 5.41) is 7.88. The molecule has 3 rings (SSSR count). The Balaban J connectivity index is 1.98. The van der Waals surface area contributed by atoms with Gasteiger partial charge < -0.3 is 11.1 Å². The average Bonchev–Trinajstić information content (AvgIpc) is 2.85. The number of aromatic nitrogens is 3. The summed E-state index contributed by atoms with van der Waals surface area (Å²) in [5.74, 6) is 0.788. The van der Waals surface area contributed by atoms with Gasteiger partial charge in [-0.25, -0.2) is 9.50 Å². The van der Waals surface area contributed by atoms with E-state index in [1.807, 2.05) is 18.3 Å². The zero-order chi connectivity index (χ0) is 14.1. The van der Waals surface area contributed by atoms with Crippen molar-refractivity contribution in [3.63, 3.8) is 0 Å². The van der Waals surface area contributed by atoms with Gasteiger partial charge >= 0.3 is 0 Å². The van der Waals surface area contributed by atoms with Gasteiger partial charge in [0, 0.05) is 12.2 Å². The minimum absolute atomic E-state index is 0.420. The first-order chi connectivity index (χ1) is 9.67. The SMILES string of the molecule is Cc1cccc(C)c1Nc1ccc2nc(CN)cn2n1. The summed E-state index contributed by atoms with van der Waals surface area (Å²) >= 11 is 0. The molecular weight excluding hydrogens is 250 g/mol. The van der Waals surface area contributed by atoms with Crippen LogP contribution in [0.5, 0.6) is 0 Å². The van der Waals surface area contributed by atoms with Crippen molar-refractivity contribution < 1.29 is 0 Å². The Kier molecular flexibility index (Phi) is 3.12. The fourth-order valence-electron chi connectivity index (χ4n) is 2.24. The second-order valence-corrected chi connectivity index (χ2v) is 4.85. The minimum Gasteiger partial charge on any atom is -0.338 e. The minimum atomic E-state index is 0.420. The molecule has 102 valence electrons. The summed E-state index contributed by atoms with van der Waals surface area (Å²) < 4.78 is 1.75. The zero-order valence-corrected chi connectivity index (χ0v) is 11.6. The highest BCUT2D eigenvalue weighted by Crippen LogP contribution is 2.23. The summed E-state index contributed by atoms with van der Waals surface area (Å²) in [5.41, 5.74) is 10.7. The number of rotatable bonds is 3. The summed E-state index contributed by atoms with van der Waals surface area (Å²) in [6.45, 7) is 4.58. The Labute approximate surface area is 117 Å². The van der Waals surface area contributed by atoms with Crippen LogP contribution in [0.1, 0.15) is 16.8 Å². The van der Waals surface area contributed by atoms with E-state index in [1.54, 1.807) is 4.52 Å². The molecule has 3 aromatic rings. The van der Waals surface area contributed by atoms with Crippen molar-refractivity contribution in [2.24, 2.45) is 5.73 Å². The van der Waals surface area contributed by atoms with Gasteiger partial charge in [0.25, 0.3) is 0 Å². The number of para-hydroxylation sites is 1. The lowest BCUT2D eigenvalue weighted by molar-refractivity contribution is 0.933. The van der Waals surface area contributed by atoms with Crippen LogP contribution < -0.4 is 11.1 Å². The maximum absolute atomic E-state index is 5.60. The van der Waals surface area contributed by atoms with Crippen LogP contribution in [-0.4, -0.2) is 14.6 Å². The zero-order valence-electron chi connectivity index (χ0n) is 11.6. The van der Waals surface area contributed by atoms with Crippen LogP contribution >= 0.6 is 0 Å². The monoisotopic (exact) mass is 267 g/mol. The van der Waals surface area contributed by atoms with Crippen LogP contribution in [0.4, 0.5) is 11.5 Å². The van der Waals surface area contributed by atoms with Crippen LogP contribution in [0.2, 0.25) is 0 Å². The topological polar surface area (TPSA) is 68.2 Å². The van der Waals surface area contributed by atoms with Gasteiger partial charge in [-0.2, -0.15) is 0 Å². The highest BCUT2D eigenvalue weighted by atomic mass is 15.3. The van der Waals surface area contributed by atoms with E-state index in [1.165, 1.54) is 11.1 Å². The number of aryl methyl sites for hydroxylation is 2. The maximum atomic E-state index is 5.60. The fourth-order valence-corrected chi connectivity index (χ4v) is 2.24. The second-order valence-electron chi connectivity index (χ2n) is 4.85. The summed E-state index contributed by atoms with van der Waals surface area (Å²) in [7, 11) is 0. The molecule has 20 heavy (non-hydrogen) atoms. The number of nitrogens with zero attached hydrogens (tertiary/aromatic N) is 3. The van der Waals surface area contributed by atoms with Gasteiger partial charge in [0.15, 0.2) is 11.5 Å². The molecule has 0 saturated heterocycles. The van der Waals surface area contributed by atoms with Gasteiger partial charge in [-0.15, -0.1) is 5.10 Å². The molecule has 0 fully saturated rings. The Morgan fingerprint density at radius 1 is 1.15 bits per heavy atom. The number of hydrogen-bond donors (Lipinski definition) is 2. The van der Waals surface area contributed by atoms with Crippen molar-refractivity contribution in [1.82, 2.24) is 14.6 Å². The number of nitrogens with two attached hydrogens (primary N) is 1. The lowest BCUT2D eigenvalue weighted by Gasteiger charge is -2.11. The molecule has 0 aliphatic carbocycles. The number of nitrogens with one attached hydrogen (secondary N) is 1. The highest BCUT2D eigenvalue weighted by Gasteiger charge is 2.05. The van der Waals surface area contributed by atoms with Crippen molar-refractivity contribution in [2.75, 3.05) is 5.32 Å². The molecule has 0 aliphatic heterocycles. The maximum Gasteiger partial charge on any atom is 0.153 e. The van der Waals surface area contributed by atoms with Crippen molar-refractivity contribution in [2.45, 2.75) is 20.4 Å². The molecule has 0 amide bonds. The van der Waals surface area contributed by atoms with E-state index in [4.69, 9.17) is 5.73 Å². The second kappa shape index (κ2) is 4.94. The van der Waals surface area contributed by atoms with E-state index in [2.05, 4.69) is 47.4 Å². The Morgan fingerprint density at radius 3 is 2.60 bits per heavy atom. The normalized spacial score (nSPS) is 10.9. The van der Waals surface area contributed by atoms with Gasteiger partial charge in [0.2, 0.25) is 0 Å². The van der Waals surface area contributed by atoms with E-state index in [0.717, 1.165) is 22.8 Å². The third kappa shape index (κ3) is 2.23. The molecule has 5 nitrogen and oxygen atoms in total. The summed E-state index contributed by atoms with van der Waals surface area (Å²) in [6.07, 6.45) is 1.85. The highest BCUT2D eigenvalue weighted by molar-refractivity contribution is 5.64. The molecule has 2 aromatic heterocycles. The molecule has 5 heteroatoms. The molecule has 0 radical (unpaired) electrons. The molecule has 3 N–H and O–H groups in total. The predicted molar refractivity (Wildman–Crippen MR) is 80.1 cm³/mol. The molecule has 0 aliphatic rings. The number of fused-ring (bicyclic) bond motifs is 1. The third-order valence-electron chi connectivity index (χ3n) is 3.31. The van der Waals surface area contributed by atoms with Gasteiger partial charge in [-0.1, -0.05) is 18.2 Å². The molecule has 2 heterocycles. The number of anilines is 2. The van der Waals surface area contributed by atoms with Crippen LogP contribution in [-0.2, 0) is 6.54 Å². The van der Waals surface area contributed by atoms with E-state index < -0.39 is 0 Å². The predicted octanol–water partition coefficient (Wildman–Crippen LogP) is 2.55. The molecule has 0 spiro atoms. The molecule has 0 atom stereocenters. The first-order valence-corrected chi connectivity index (χ1v) is 6.56. The van der Waals surface area contributed by atoms with Gasteiger partial charge in [-0.3, -0.25) is 0 Å². The van der Waals surface area contributed by atoms with E-state index >= 15 is 0 Å². The number of benzene rings is 1. The Hall–Kier alpha value is -2.40. The van der Waals surface area contributed by atoms with Gasteiger partial charge in [0.1, 0.15) is 0 Å². The quantitative estimate of drug-likeness (QED) is 0.765. The van der Waals surface area contributed by atoms with E-state index in [0.29, 0.717) is 6.54 Å². The van der Waals surface area contributed by atoms with Crippen molar-refractivity contribution in [3.05, 3.63) is 53.3 Å². The van der Waals surface area contributed by atoms with Crippen molar-refractivity contribution in [1.29, 1.82) is 0 Å². The summed E-state index contributed by atoms with van der Waals surface area (Å²) in [6, 6.07) is 10.1. The first-order valence-electron chi connectivity index (χ1n) is 6.56.